The van der Waals surface area contributed by atoms with Crippen molar-refractivity contribution in [1.82, 2.24) is 9.80 Å². The molecule has 2 amide bonds. The lowest BCUT2D eigenvalue weighted by Crippen LogP contribution is -2.44. The summed E-state index contributed by atoms with van der Waals surface area (Å²) in [5.41, 5.74) is 1.04. The lowest BCUT2D eigenvalue weighted by atomic mass is 10.1. The average molecular weight is 549 g/mol. The maximum Gasteiger partial charge on any atom is 0.410 e. The molecule has 1 aliphatic rings. The predicted octanol–water partition coefficient (Wildman–Crippen LogP) is 3.53. The van der Waals surface area contributed by atoms with Crippen LogP contribution in [0.4, 0.5) is 21.0 Å². The number of benzene rings is 2. The minimum absolute atomic E-state index is 0.0641. The highest BCUT2D eigenvalue weighted by Crippen LogP contribution is 2.27. The van der Waals surface area contributed by atoms with E-state index < -0.39 is 34.2 Å². The number of nitrogens with zero attached hydrogens (tertiary/aromatic N) is 4. The van der Waals surface area contributed by atoms with Crippen LogP contribution in [0.2, 0.25) is 0 Å². The van der Waals surface area contributed by atoms with Crippen LogP contribution in [0.3, 0.4) is 0 Å². The number of hydrogen-bond donors (Lipinski definition) is 2. The molecule has 0 radical (unpaired) electrons. The minimum Gasteiger partial charge on any atom is -0.445 e. The molecule has 0 bridgehead atoms. The van der Waals surface area contributed by atoms with Crippen LogP contribution in [0, 0.1) is 20.2 Å². The third kappa shape index (κ3) is 7.79. The summed E-state index contributed by atoms with van der Waals surface area (Å²) in [6.45, 7) is 0.273. The lowest BCUT2D eigenvalue weighted by molar-refractivity contribution is -0.385. The van der Waals surface area contributed by atoms with Gasteiger partial charge in [-0.25, -0.2) is 9.59 Å². The molecule has 0 aliphatic carbocycles. The van der Waals surface area contributed by atoms with Gasteiger partial charge in [0.05, 0.1) is 22.0 Å². The van der Waals surface area contributed by atoms with Gasteiger partial charge in [-0.2, -0.15) is 12.6 Å². The van der Waals surface area contributed by atoms with Crippen molar-refractivity contribution in [2.45, 2.75) is 43.5 Å². The molecule has 1 N–H and O–H groups in total. The van der Waals surface area contributed by atoms with Gasteiger partial charge in [-0.05, 0) is 48.2 Å². The van der Waals surface area contributed by atoms with Crippen LogP contribution in [0.25, 0.3) is 0 Å². The monoisotopic (exact) mass is 548 g/mol. The molecule has 38 heavy (non-hydrogen) atoms. The quantitative estimate of drug-likeness (QED) is 0.256. The van der Waals surface area contributed by atoms with Crippen LogP contribution in [-0.2, 0) is 22.7 Å². The maximum absolute atomic E-state index is 12.7. The Balaban J connectivity index is 1.46. The number of rotatable bonds is 10. The number of likely N-dealkylation sites (tertiary alicyclic amines) is 1. The average Bonchev–Trinajstić information content (AvgIpc) is 3.31. The van der Waals surface area contributed by atoms with Gasteiger partial charge in [-0.1, -0.05) is 0 Å². The van der Waals surface area contributed by atoms with Crippen molar-refractivity contribution in [2.24, 2.45) is 0 Å². The van der Waals surface area contributed by atoms with E-state index in [1.165, 1.54) is 65.4 Å². The molecule has 204 valence electrons. The predicted molar refractivity (Wildman–Crippen MR) is 138 cm³/mol. The second-order valence-corrected chi connectivity index (χ2v) is 9.57. The Morgan fingerprint density at radius 2 is 1.53 bits per heavy atom. The van der Waals surface area contributed by atoms with Crippen LogP contribution in [0.15, 0.2) is 48.5 Å². The smallest absolute Gasteiger partial charge is 0.410 e. The number of aliphatic hydroxyl groups excluding tert-OH is 1. The first-order valence-electron chi connectivity index (χ1n) is 11.7. The molecule has 2 aromatic carbocycles. The summed E-state index contributed by atoms with van der Waals surface area (Å²) < 4.78 is 10.6. The number of thiol groups is 1. The topological polar surface area (TPSA) is 166 Å². The fourth-order valence-corrected chi connectivity index (χ4v) is 4.33. The lowest BCUT2D eigenvalue weighted by Gasteiger charge is -2.29. The van der Waals surface area contributed by atoms with E-state index in [0.717, 1.165) is 0 Å². The van der Waals surface area contributed by atoms with Crippen molar-refractivity contribution in [2.75, 3.05) is 20.1 Å². The molecule has 0 spiro atoms. The van der Waals surface area contributed by atoms with Gasteiger partial charge in [0.1, 0.15) is 13.2 Å². The Morgan fingerprint density at radius 1 is 1.03 bits per heavy atom. The van der Waals surface area contributed by atoms with E-state index in [1.807, 2.05) is 0 Å². The second kappa shape index (κ2) is 13.1. The molecule has 0 saturated carbocycles. The summed E-state index contributed by atoms with van der Waals surface area (Å²) in [4.78, 5) is 48.2. The Hall–Kier alpha value is -3.91. The van der Waals surface area contributed by atoms with Crippen molar-refractivity contribution >= 4 is 36.2 Å². The Morgan fingerprint density at radius 3 is 2.03 bits per heavy atom. The van der Waals surface area contributed by atoms with Crippen LogP contribution < -0.4 is 0 Å². The first kappa shape index (κ1) is 28.7. The molecule has 3 rings (SSSR count). The summed E-state index contributed by atoms with van der Waals surface area (Å²) in [7, 11) is 1.51. The van der Waals surface area contributed by atoms with Gasteiger partial charge in [0, 0.05) is 49.7 Å². The summed E-state index contributed by atoms with van der Waals surface area (Å²) in [5.74, 6) is 0. The summed E-state index contributed by atoms with van der Waals surface area (Å²) in [6, 6.07) is 10.7. The third-order valence-corrected chi connectivity index (χ3v) is 6.47. The zero-order valence-electron chi connectivity index (χ0n) is 20.5. The Kier molecular flexibility index (Phi) is 9.85. The van der Waals surface area contributed by atoms with Crippen molar-refractivity contribution in [3.8, 4) is 0 Å². The van der Waals surface area contributed by atoms with E-state index in [4.69, 9.17) is 9.47 Å². The molecule has 14 heteroatoms. The molecule has 1 heterocycles. The molecule has 0 aromatic heterocycles. The van der Waals surface area contributed by atoms with Crippen molar-refractivity contribution < 1.29 is 34.0 Å². The molecule has 1 saturated heterocycles. The van der Waals surface area contributed by atoms with E-state index >= 15 is 0 Å². The standard InChI is InChI=1S/C24H28N4O9S/c1-25(23(30)36-14-16-2-6-18(7-3-16)27(32)33)11-10-22(29)21-12-20(38)13-26(21)24(31)37-15-17-4-8-19(9-5-17)28(34)35/h2-9,20-22,29,38H,10-15H2,1H3/t20-,21-,22+/m0/s1. The number of carbonyl (C=O) groups excluding carboxylic acids is 2. The van der Waals surface area contributed by atoms with E-state index in [-0.39, 0.29) is 49.3 Å². The van der Waals surface area contributed by atoms with E-state index in [1.54, 1.807) is 0 Å². The van der Waals surface area contributed by atoms with Gasteiger partial charge in [-0.3, -0.25) is 20.2 Å². The molecular weight excluding hydrogens is 520 g/mol. The number of nitro groups is 2. The Bertz CT molecular complexity index is 1150. The number of amides is 2. The normalized spacial score (nSPS) is 17.5. The van der Waals surface area contributed by atoms with Gasteiger partial charge >= 0.3 is 12.2 Å². The zero-order valence-corrected chi connectivity index (χ0v) is 21.4. The molecule has 0 unspecified atom stereocenters. The van der Waals surface area contributed by atoms with Gasteiger partial charge < -0.3 is 24.4 Å². The van der Waals surface area contributed by atoms with Gasteiger partial charge in [-0.15, -0.1) is 0 Å². The minimum atomic E-state index is -0.955. The highest BCUT2D eigenvalue weighted by molar-refractivity contribution is 7.81. The molecule has 13 nitrogen and oxygen atoms in total. The summed E-state index contributed by atoms with van der Waals surface area (Å²) in [6.07, 6.45) is -1.62. The number of non-ortho nitro benzene ring substituents is 2. The van der Waals surface area contributed by atoms with Crippen molar-refractivity contribution in [3.63, 3.8) is 0 Å². The highest BCUT2D eigenvalue weighted by atomic mass is 32.1. The van der Waals surface area contributed by atoms with Gasteiger partial charge in [0.2, 0.25) is 0 Å². The molecular formula is C24H28N4O9S. The summed E-state index contributed by atoms with van der Waals surface area (Å²) in [5, 5.41) is 32.1. The van der Waals surface area contributed by atoms with E-state index in [9.17, 15) is 34.9 Å². The summed E-state index contributed by atoms with van der Waals surface area (Å²) >= 11 is 4.44. The van der Waals surface area contributed by atoms with Crippen LogP contribution >= 0.6 is 12.6 Å². The molecule has 3 atom stereocenters. The fraction of sp³-hybridized carbons (Fsp3) is 0.417. The van der Waals surface area contributed by atoms with Crippen LogP contribution in [-0.4, -0.2) is 74.5 Å². The SMILES string of the molecule is CN(CC[C@@H](O)[C@@H]1C[C@H](S)CN1C(=O)OCc1ccc([N+](=O)[O-])cc1)C(=O)OCc1ccc([N+](=O)[O-])cc1. The highest BCUT2D eigenvalue weighted by Gasteiger charge is 2.39. The maximum atomic E-state index is 12.7. The van der Waals surface area contributed by atoms with Gasteiger partial charge in [0.25, 0.3) is 11.4 Å². The largest absolute Gasteiger partial charge is 0.445 e. The molecule has 2 aromatic rings. The number of aliphatic hydroxyl groups is 1. The number of carbonyl (C=O) groups is 2. The number of hydrogen-bond acceptors (Lipinski definition) is 10. The second-order valence-electron chi connectivity index (χ2n) is 8.84. The van der Waals surface area contributed by atoms with E-state index in [2.05, 4.69) is 12.6 Å². The van der Waals surface area contributed by atoms with Crippen molar-refractivity contribution in [3.05, 3.63) is 79.9 Å². The Labute approximate surface area is 223 Å². The zero-order chi connectivity index (χ0) is 27.8. The van der Waals surface area contributed by atoms with Crippen molar-refractivity contribution in [1.29, 1.82) is 0 Å². The number of nitro benzene ring substituents is 2. The van der Waals surface area contributed by atoms with Crippen LogP contribution in [0.5, 0.6) is 0 Å². The number of ether oxygens (including phenoxy) is 2. The van der Waals surface area contributed by atoms with Crippen LogP contribution in [0.1, 0.15) is 24.0 Å². The molecule has 1 fully saturated rings. The first-order chi connectivity index (χ1) is 18.0. The van der Waals surface area contributed by atoms with E-state index in [0.29, 0.717) is 17.5 Å². The fourth-order valence-electron chi connectivity index (χ4n) is 3.94. The third-order valence-electron chi connectivity index (χ3n) is 6.09. The molecule has 1 aliphatic heterocycles. The first-order valence-corrected chi connectivity index (χ1v) is 12.2. The van der Waals surface area contributed by atoms with Gasteiger partial charge in [0.15, 0.2) is 0 Å².